The highest BCUT2D eigenvalue weighted by Crippen LogP contribution is 2.26. The molecule has 9 rings (SSSR count). The maximum Gasteiger partial charge on any atom is -0.0105 e. The largest absolute Gasteiger partial charge is 0.0616 e. The summed E-state index contributed by atoms with van der Waals surface area (Å²) in [6, 6.07) is 64.1. The molecule has 0 heteroatoms. The van der Waals surface area contributed by atoms with Gasteiger partial charge in [-0.1, -0.05) is 182 Å². The van der Waals surface area contributed by atoms with E-state index in [-0.39, 0.29) is 0 Å². The first-order chi connectivity index (χ1) is 20.8. The van der Waals surface area contributed by atoms with E-state index in [0.29, 0.717) is 0 Å². The zero-order chi connectivity index (χ0) is 28.1. The van der Waals surface area contributed by atoms with Crippen LogP contribution in [-0.4, -0.2) is 0 Å². The van der Waals surface area contributed by atoms with Crippen molar-refractivity contribution in [2.75, 3.05) is 0 Å². The van der Waals surface area contributed by atoms with Crippen molar-refractivity contribution in [2.45, 2.75) is 0 Å². The monoisotopic (exact) mass is 534 g/mol. The topological polar surface area (TPSA) is 0 Å². The molecule has 0 unspecified atom stereocenters. The second-order valence-corrected chi connectivity index (χ2v) is 10.5. The predicted molar refractivity (Wildman–Crippen MR) is 184 cm³/mol. The summed E-state index contributed by atoms with van der Waals surface area (Å²) in [7, 11) is 0. The normalized spacial score (nSPS) is 10.9. The summed E-state index contributed by atoms with van der Waals surface area (Å²) in [5.74, 6) is 0. The molecule has 9 aromatic carbocycles. The lowest BCUT2D eigenvalue weighted by Crippen LogP contribution is -1.75. The minimum atomic E-state index is 1.31. The number of benzene rings is 9. The summed E-state index contributed by atoms with van der Waals surface area (Å²) in [5, 5.41) is 15.9. The molecule has 0 fully saturated rings. The Morgan fingerprint density at radius 1 is 0.143 bits per heavy atom. The third-order valence-corrected chi connectivity index (χ3v) is 7.96. The van der Waals surface area contributed by atoms with E-state index < -0.39 is 0 Å². The first-order valence-electron chi connectivity index (χ1n) is 14.4. The fraction of sp³-hybridized carbons (Fsp3) is 0. The molecular formula is C42H30. The molecule has 42 heavy (non-hydrogen) atoms. The number of rotatable bonds is 0. The summed E-state index contributed by atoms with van der Waals surface area (Å²) in [6.45, 7) is 0. The van der Waals surface area contributed by atoms with E-state index in [0.717, 1.165) is 0 Å². The first kappa shape index (κ1) is 25.5. The Balaban J connectivity index is 0.000000103. The van der Waals surface area contributed by atoms with Gasteiger partial charge >= 0.3 is 0 Å². The van der Waals surface area contributed by atoms with Crippen LogP contribution in [0.3, 0.4) is 0 Å². The molecule has 0 nitrogen and oxygen atoms in total. The molecule has 0 N–H and O–H groups in total. The zero-order valence-corrected chi connectivity index (χ0v) is 23.3. The highest BCUT2D eigenvalue weighted by Gasteiger charge is 1.99. The standard InChI is InChI=1S/3C14H10/c3*1-3-7-13-11(5-1)9-10-12-6-2-4-8-14(12)13/h3*1-10H. The van der Waals surface area contributed by atoms with Gasteiger partial charge in [0, 0.05) is 0 Å². The van der Waals surface area contributed by atoms with E-state index in [1.54, 1.807) is 0 Å². The zero-order valence-electron chi connectivity index (χ0n) is 23.3. The third kappa shape index (κ3) is 5.07. The van der Waals surface area contributed by atoms with Gasteiger partial charge in [0.25, 0.3) is 0 Å². The SMILES string of the molecule is c1ccc2c(c1)ccc1ccccc12.c1ccc2c(c1)ccc1ccccc12.c1ccc2c(c1)ccc1ccccc12. The van der Waals surface area contributed by atoms with Gasteiger partial charge in [0.15, 0.2) is 0 Å². The highest BCUT2D eigenvalue weighted by atomic mass is 14.0. The van der Waals surface area contributed by atoms with E-state index in [4.69, 9.17) is 0 Å². The summed E-state index contributed by atoms with van der Waals surface area (Å²) < 4.78 is 0. The lowest BCUT2D eigenvalue weighted by atomic mass is 10.0. The summed E-state index contributed by atoms with van der Waals surface area (Å²) in [5.41, 5.74) is 0. The Labute approximate surface area is 246 Å². The van der Waals surface area contributed by atoms with Gasteiger partial charge in [0.05, 0.1) is 0 Å². The van der Waals surface area contributed by atoms with Crippen molar-refractivity contribution in [1.82, 2.24) is 0 Å². The van der Waals surface area contributed by atoms with Crippen molar-refractivity contribution in [2.24, 2.45) is 0 Å². The van der Waals surface area contributed by atoms with Gasteiger partial charge in [-0.15, -0.1) is 0 Å². The molecule has 0 saturated carbocycles. The van der Waals surface area contributed by atoms with Crippen molar-refractivity contribution in [3.63, 3.8) is 0 Å². The van der Waals surface area contributed by atoms with Gasteiger partial charge in [0.1, 0.15) is 0 Å². The number of fused-ring (bicyclic) bond motifs is 9. The molecule has 0 aromatic heterocycles. The Kier molecular flexibility index (Phi) is 7.02. The molecule has 9 aromatic rings. The molecule has 0 amide bonds. The predicted octanol–water partition coefficient (Wildman–Crippen LogP) is 12.0. The van der Waals surface area contributed by atoms with Gasteiger partial charge in [-0.25, -0.2) is 0 Å². The lowest BCUT2D eigenvalue weighted by molar-refractivity contribution is 1.76. The molecule has 0 aliphatic carbocycles. The van der Waals surface area contributed by atoms with Gasteiger partial charge in [-0.3, -0.25) is 0 Å². The Morgan fingerprint density at radius 3 is 0.452 bits per heavy atom. The Morgan fingerprint density at radius 2 is 0.286 bits per heavy atom. The van der Waals surface area contributed by atoms with Crippen LogP contribution in [0.25, 0.3) is 64.6 Å². The van der Waals surface area contributed by atoms with Gasteiger partial charge < -0.3 is 0 Å². The third-order valence-electron chi connectivity index (χ3n) is 7.96. The molecule has 0 heterocycles. The quantitative estimate of drug-likeness (QED) is 0.170. The van der Waals surface area contributed by atoms with Crippen molar-refractivity contribution < 1.29 is 0 Å². The van der Waals surface area contributed by atoms with Gasteiger partial charge in [-0.05, 0) is 64.6 Å². The van der Waals surface area contributed by atoms with Gasteiger partial charge in [0.2, 0.25) is 0 Å². The molecule has 0 atom stereocenters. The Hall–Kier alpha value is -5.46. The smallest absolute Gasteiger partial charge is 0.0105 e. The Bertz CT molecular complexity index is 1880. The van der Waals surface area contributed by atoms with Crippen LogP contribution in [0.1, 0.15) is 0 Å². The van der Waals surface area contributed by atoms with Crippen molar-refractivity contribution in [1.29, 1.82) is 0 Å². The van der Waals surface area contributed by atoms with Crippen LogP contribution >= 0.6 is 0 Å². The van der Waals surface area contributed by atoms with Crippen LogP contribution in [-0.2, 0) is 0 Å². The van der Waals surface area contributed by atoms with Gasteiger partial charge in [-0.2, -0.15) is 0 Å². The van der Waals surface area contributed by atoms with E-state index in [1.165, 1.54) is 64.6 Å². The second-order valence-electron chi connectivity index (χ2n) is 10.5. The number of hydrogen-bond acceptors (Lipinski definition) is 0. The molecule has 0 bridgehead atoms. The van der Waals surface area contributed by atoms with Crippen LogP contribution < -0.4 is 0 Å². The first-order valence-corrected chi connectivity index (χ1v) is 14.4. The van der Waals surface area contributed by atoms with Crippen LogP contribution in [0.15, 0.2) is 182 Å². The average molecular weight is 535 g/mol. The number of hydrogen-bond donors (Lipinski definition) is 0. The molecule has 198 valence electrons. The maximum atomic E-state index is 2.18. The highest BCUT2D eigenvalue weighted by molar-refractivity contribution is 6.09. The summed E-state index contributed by atoms with van der Waals surface area (Å²) >= 11 is 0. The van der Waals surface area contributed by atoms with Crippen molar-refractivity contribution >= 4 is 64.6 Å². The average Bonchev–Trinajstić information content (AvgIpc) is 3.09. The molecule has 0 aliphatic rings. The van der Waals surface area contributed by atoms with Crippen molar-refractivity contribution in [3.8, 4) is 0 Å². The van der Waals surface area contributed by atoms with Crippen molar-refractivity contribution in [3.05, 3.63) is 182 Å². The van der Waals surface area contributed by atoms with E-state index in [1.807, 2.05) is 0 Å². The molecular weight excluding hydrogens is 504 g/mol. The van der Waals surface area contributed by atoms with Crippen LogP contribution in [0.2, 0.25) is 0 Å². The van der Waals surface area contributed by atoms with E-state index in [2.05, 4.69) is 182 Å². The maximum absolute atomic E-state index is 2.18. The molecule has 0 aliphatic heterocycles. The summed E-state index contributed by atoms with van der Waals surface area (Å²) in [4.78, 5) is 0. The lowest BCUT2D eigenvalue weighted by Gasteiger charge is -2.02. The minimum absolute atomic E-state index is 1.31. The van der Waals surface area contributed by atoms with Crippen LogP contribution in [0, 0.1) is 0 Å². The fourth-order valence-corrected chi connectivity index (χ4v) is 5.86. The molecule has 0 spiro atoms. The van der Waals surface area contributed by atoms with E-state index in [9.17, 15) is 0 Å². The summed E-state index contributed by atoms with van der Waals surface area (Å²) in [6.07, 6.45) is 0. The van der Waals surface area contributed by atoms with Crippen LogP contribution in [0.4, 0.5) is 0 Å². The molecule has 0 radical (unpaired) electrons. The van der Waals surface area contributed by atoms with E-state index >= 15 is 0 Å². The fourth-order valence-electron chi connectivity index (χ4n) is 5.86. The molecule has 0 saturated heterocycles. The minimum Gasteiger partial charge on any atom is -0.0616 e. The van der Waals surface area contributed by atoms with Crippen LogP contribution in [0.5, 0.6) is 0 Å². The second kappa shape index (κ2) is 11.6.